The van der Waals surface area contributed by atoms with Gasteiger partial charge in [0.25, 0.3) is 5.91 Å². The summed E-state index contributed by atoms with van der Waals surface area (Å²) in [5.41, 5.74) is 0. The van der Waals surface area contributed by atoms with Gasteiger partial charge in [-0.1, -0.05) is 30.3 Å². The predicted molar refractivity (Wildman–Crippen MR) is 88.7 cm³/mol. The van der Waals surface area contributed by atoms with Crippen LogP contribution in [-0.2, 0) is 4.79 Å². The Bertz CT molecular complexity index is 589. The van der Waals surface area contributed by atoms with Gasteiger partial charge in [0.15, 0.2) is 18.1 Å². The molecule has 2 aromatic carbocycles. The van der Waals surface area contributed by atoms with Gasteiger partial charge in [-0.05, 0) is 24.3 Å². The smallest absolute Gasteiger partial charge is 0.257 e. The number of benzene rings is 2. The lowest BCUT2D eigenvalue weighted by Gasteiger charge is -2.10. The summed E-state index contributed by atoms with van der Waals surface area (Å²) in [4.78, 5) is 12.9. The predicted octanol–water partition coefficient (Wildman–Crippen LogP) is 2.98. The summed E-state index contributed by atoms with van der Waals surface area (Å²) in [6, 6.07) is 17.4. The Hall–Kier alpha value is -2.14. The Morgan fingerprint density at radius 1 is 1.05 bits per heavy atom. The zero-order valence-electron chi connectivity index (χ0n) is 12.5. The summed E-state index contributed by atoms with van der Waals surface area (Å²) >= 11 is 1.71. The molecule has 0 aliphatic rings. The Kier molecular flexibility index (Phi) is 6.64. The molecule has 4 nitrogen and oxygen atoms in total. The molecule has 0 unspecified atom stereocenters. The van der Waals surface area contributed by atoms with Gasteiger partial charge in [0, 0.05) is 17.2 Å². The zero-order valence-corrected chi connectivity index (χ0v) is 13.3. The van der Waals surface area contributed by atoms with E-state index >= 15 is 0 Å². The molecule has 0 bridgehead atoms. The maximum atomic E-state index is 11.7. The fourth-order valence-electron chi connectivity index (χ4n) is 1.81. The van der Waals surface area contributed by atoms with Crippen LogP contribution in [0.15, 0.2) is 59.5 Å². The molecule has 0 heterocycles. The van der Waals surface area contributed by atoms with Crippen LogP contribution < -0.4 is 14.8 Å². The summed E-state index contributed by atoms with van der Waals surface area (Å²) in [6.45, 7) is 0.587. The van der Waals surface area contributed by atoms with Crippen molar-refractivity contribution in [2.45, 2.75) is 4.90 Å². The first-order chi connectivity index (χ1) is 10.8. The minimum absolute atomic E-state index is 0.0175. The van der Waals surface area contributed by atoms with E-state index in [4.69, 9.17) is 9.47 Å². The first-order valence-electron chi connectivity index (χ1n) is 7.00. The Balaban J connectivity index is 1.66. The van der Waals surface area contributed by atoms with E-state index in [2.05, 4.69) is 17.4 Å². The number of amides is 1. The largest absolute Gasteiger partial charge is 0.493 e. The van der Waals surface area contributed by atoms with Crippen molar-refractivity contribution >= 4 is 17.7 Å². The van der Waals surface area contributed by atoms with Crippen LogP contribution in [0.3, 0.4) is 0 Å². The molecule has 0 atom stereocenters. The van der Waals surface area contributed by atoms with Crippen molar-refractivity contribution in [2.75, 3.05) is 26.0 Å². The second kappa shape index (κ2) is 9.00. The molecule has 0 saturated carbocycles. The number of methoxy groups -OCH3 is 1. The van der Waals surface area contributed by atoms with Gasteiger partial charge in [-0.15, -0.1) is 11.8 Å². The fourth-order valence-corrected chi connectivity index (χ4v) is 2.60. The number of thioether (sulfide) groups is 1. The second-order valence-electron chi connectivity index (χ2n) is 4.45. The Morgan fingerprint density at radius 2 is 1.73 bits per heavy atom. The molecule has 2 aromatic rings. The molecule has 1 N–H and O–H groups in total. The van der Waals surface area contributed by atoms with Crippen LogP contribution in [0.25, 0.3) is 0 Å². The van der Waals surface area contributed by atoms with Gasteiger partial charge in [-0.25, -0.2) is 0 Å². The molecule has 0 spiro atoms. The zero-order chi connectivity index (χ0) is 15.6. The number of ether oxygens (including phenoxy) is 2. The van der Waals surface area contributed by atoms with Crippen LogP contribution >= 0.6 is 11.8 Å². The SMILES string of the molecule is COc1ccccc1OCC(=O)NCCSc1ccccc1. The van der Waals surface area contributed by atoms with E-state index in [-0.39, 0.29) is 12.5 Å². The number of carbonyl (C=O) groups is 1. The van der Waals surface area contributed by atoms with Crippen LogP contribution in [0, 0.1) is 0 Å². The summed E-state index contributed by atoms with van der Waals surface area (Å²) in [6.07, 6.45) is 0. The summed E-state index contributed by atoms with van der Waals surface area (Å²) in [5, 5.41) is 2.84. The topological polar surface area (TPSA) is 47.6 Å². The number of hydrogen-bond donors (Lipinski definition) is 1. The molecule has 0 radical (unpaired) electrons. The van der Waals surface area contributed by atoms with Crippen molar-refractivity contribution < 1.29 is 14.3 Å². The minimum Gasteiger partial charge on any atom is -0.493 e. The third-order valence-electron chi connectivity index (χ3n) is 2.86. The lowest BCUT2D eigenvalue weighted by atomic mass is 10.3. The van der Waals surface area contributed by atoms with Crippen molar-refractivity contribution in [1.82, 2.24) is 5.32 Å². The normalized spacial score (nSPS) is 10.0. The van der Waals surface area contributed by atoms with E-state index in [9.17, 15) is 4.79 Å². The van der Waals surface area contributed by atoms with Crippen LogP contribution in [0.5, 0.6) is 11.5 Å². The second-order valence-corrected chi connectivity index (χ2v) is 5.62. The maximum absolute atomic E-state index is 11.7. The van der Waals surface area contributed by atoms with Crippen LogP contribution in [0.1, 0.15) is 0 Å². The summed E-state index contributed by atoms with van der Waals surface area (Å²) < 4.78 is 10.6. The molecule has 0 fully saturated rings. The van der Waals surface area contributed by atoms with Crippen molar-refractivity contribution in [2.24, 2.45) is 0 Å². The van der Waals surface area contributed by atoms with E-state index in [1.807, 2.05) is 30.3 Å². The van der Waals surface area contributed by atoms with Gasteiger partial charge >= 0.3 is 0 Å². The van der Waals surface area contributed by atoms with E-state index in [0.29, 0.717) is 18.0 Å². The molecule has 2 rings (SSSR count). The van der Waals surface area contributed by atoms with Gasteiger partial charge < -0.3 is 14.8 Å². The molecular formula is C17H19NO3S. The molecular weight excluding hydrogens is 298 g/mol. The lowest BCUT2D eigenvalue weighted by molar-refractivity contribution is -0.122. The molecule has 22 heavy (non-hydrogen) atoms. The van der Waals surface area contributed by atoms with E-state index in [1.165, 1.54) is 4.90 Å². The molecule has 0 aromatic heterocycles. The van der Waals surface area contributed by atoms with Crippen molar-refractivity contribution in [3.8, 4) is 11.5 Å². The minimum atomic E-state index is -0.139. The third-order valence-corrected chi connectivity index (χ3v) is 3.88. The molecule has 0 saturated heterocycles. The Morgan fingerprint density at radius 3 is 2.45 bits per heavy atom. The summed E-state index contributed by atoms with van der Waals surface area (Å²) in [7, 11) is 1.57. The van der Waals surface area contributed by atoms with Gasteiger partial charge in [0.2, 0.25) is 0 Å². The third kappa shape index (κ3) is 5.33. The average Bonchev–Trinajstić information content (AvgIpc) is 2.58. The van der Waals surface area contributed by atoms with Crippen molar-refractivity contribution in [3.05, 3.63) is 54.6 Å². The molecule has 0 aliphatic carbocycles. The summed E-state index contributed by atoms with van der Waals surface area (Å²) in [5.74, 6) is 1.87. The van der Waals surface area contributed by atoms with Gasteiger partial charge in [-0.2, -0.15) is 0 Å². The molecule has 0 aliphatic heterocycles. The van der Waals surface area contributed by atoms with E-state index < -0.39 is 0 Å². The highest BCUT2D eigenvalue weighted by atomic mass is 32.2. The van der Waals surface area contributed by atoms with Crippen molar-refractivity contribution in [1.29, 1.82) is 0 Å². The Labute approximate surface area is 134 Å². The van der Waals surface area contributed by atoms with Gasteiger partial charge in [-0.3, -0.25) is 4.79 Å². The van der Waals surface area contributed by atoms with Crippen LogP contribution in [0.4, 0.5) is 0 Å². The molecule has 5 heteroatoms. The van der Waals surface area contributed by atoms with E-state index in [1.54, 1.807) is 31.0 Å². The number of nitrogens with one attached hydrogen (secondary N) is 1. The van der Waals surface area contributed by atoms with Gasteiger partial charge in [0.1, 0.15) is 0 Å². The highest BCUT2D eigenvalue weighted by molar-refractivity contribution is 7.99. The number of carbonyl (C=O) groups excluding carboxylic acids is 1. The maximum Gasteiger partial charge on any atom is 0.257 e. The number of para-hydroxylation sites is 2. The van der Waals surface area contributed by atoms with E-state index in [0.717, 1.165) is 5.75 Å². The first kappa shape index (κ1) is 16.2. The fraction of sp³-hybridized carbons (Fsp3) is 0.235. The standard InChI is InChI=1S/C17H19NO3S/c1-20-15-9-5-6-10-16(15)21-13-17(19)18-11-12-22-14-7-3-2-4-8-14/h2-10H,11-13H2,1H3,(H,18,19). The van der Waals surface area contributed by atoms with Crippen LogP contribution in [0.2, 0.25) is 0 Å². The van der Waals surface area contributed by atoms with Crippen molar-refractivity contribution in [3.63, 3.8) is 0 Å². The number of hydrogen-bond acceptors (Lipinski definition) is 4. The first-order valence-corrected chi connectivity index (χ1v) is 7.98. The van der Waals surface area contributed by atoms with Crippen LogP contribution in [-0.4, -0.2) is 31.9 Å². The quantitative estimate of drug-likeness (QED) is 0.601. The number of rotatable bonds is 8. The highest BCUT2D eigenvalue weighted by Gasteiger charge is 2.06. The lowest BCUT2D eigenvalue weighted by Crippen LogP contribution is -2.30. The highest BCUT2D eigenvalue weighted by Crippen LogP contribution is 2.25. The van der Waals surface area contributed by atoms with Gasteiger partial charge in [0.05, 0.1) is 7.11 Å². The molecule has 1 amide bonds. The molecule has 116 valence electrons. The monoisotopic (exact) mass is 317 g/mol. The average molecular weight is 317 g/mol.